The van der Waals surface area contributed by atoms with Crippen LogP contribution >= 0.6 is 0 Å². The summed E-state index contributed by atoms with van der Waals surface area (Å²) >= 11 is 0. The van der Waals surface area contributed by atoms with Gasteiger partial charge >= 0.3 is 6.09 Å². The van der Waals surface area contributed by atoms with Gasteiger partial charge in [-0.1, -0.05) is 12.2 Å². The molecule has 8 heteroatoms. The van der Waals surface area contributed by atoms with E-state index in [2.05, 4.69) is 10.2 Å². The average molecular weight is 405 g/mol. The standard InChI is InChI=1S/C21H32N4O4/c1-15(26)25(17-7-10-24(11-8-17)20(28)29-4)18-6-5-9-21(2,12-18)19(27)22-16-13-23(3)14-16/h5-6,9,16-17H,7-8,10-14H2,1-4H3,(H,22,27). The fraction of sp³-hybridized carbons (Fsp3) is 0.667. The summed E-state index contributed by atoms with van der Waals surface area (Å²) in [4.78, 5) is 42.8. The summed E-state index contributed by atoms with van der Waals surface area (Å²) in [5, 5.41) is 3.13. The molecule has 0 spiro atoms. The number of nitrogens with one attached hydrogen (secondary N) is 1. The Hall–Kier alpha value is -2.35. The monoisotopic (exact) mass is 404 g/mol. The third-order valence-corrected chi connectivity index (χ3v) is 6.13. The number of piperidine rings is 1. The molecule has 3 rings (SSSR count). The van der Waals surface area contributed by atoms with Crippen molar-refractivity contribution in [3.63, 3.8) is 0 Å². The number of ether oxygens (including phenoxy) is 1. The molecule has 1 aliphatic carbocycles. The van der Waals surface area contributed by atoms with Gasteiger partial charge in [0, 0.05) is 51.3 Å². The molecule has 0 aromatic heterocycles. The fourth-order valence-corrected chi connectivity index (χ4v) is 4.46. The number of hydrogen-bond acceptors (Lipinski definition) is 5. The molecule has 2 fully saturated rings. The van der Waals surface area contributed by atoms with E-state index in [-0.39, 0.29) is 30.0 Å². The van der Waals surface area contributed by atoms with Crippen molar-refractivity contribution in [1.29, 1.82) is 0 Å². The van der Waals surface area contributed by atoms with E-state index in [1.165, 1.54) is 7.11 Å². The molecule has 3 aliphatic rings. The maximum absolute atomic E-state index is 12.9. The summed E-state index contributed by atoms with van der Waals surface area (Å²) in [6, 6.07) is 0.206. The molecular weight excluding hydrogens is 372 g/mol. The molecule has 3 amide bonds. The molecule has 0 aromatic rings. The van der Waals surface area contributed by atoms with E-state index >= 15 is 0 Å². The van der Waals surface area contributed by atoms with Crippen molar-refractivity contribution in [3.8, 4) is 0 Å². The van der Waals surface area contributed by atoms with Crippen molar-refractivity contribution in [2.24, 2.45) is 5.41 Å². The first kappa shape index (κ1) is 21.4. The number of nitrogens with zero attached hydrogens (tertiary/aromatic N) is 3. The van der Waals surface area contributed by atoms with Gasteiger partial charge in [-0.05, 0) is 32.9 Å². The van der Waals surface area contributed by atoms with Gasteiger partial charge in [0.05, 0.1) is 18.6 Å². The molecule has 29 heavy (non-hydrogen) atoms. The van der Waals surface area contributed by atoms with Crippen molar-refractivity contribution in [3.05, 3.63) is 23.9 Å². The van der Waals surface area contributed by atoms with Gasteiger partial charge in [-0.15, -0.1) is 0 Å². The number of likely N-dealkylation sites (N-methyl/N-ethyl adjacent to an activating group) is 1. The van der Waals surface area contributed by atoms with Crippen LogP contribution in [0.2, 0.25) is 0 Å². The van der Waals surface area contributed by atoms with Crippen molar-refractivity contribution in [2.45, 2.75) is 45.2 Å². The first-order valence-electron chi connectivity index (χ1n) is 10.2. The smallest absolute Gasteiger partial charge is 0.409 e. The first-order chi connectivity index (χ1) is 13.7. The summed E-state index contributed by atoms with van der Waals surface area (Å²) in [7, 11) is 3.41. The number of allylic oxidation sites excluding steroid dienone is 3. The maximum Gasteiger partial charge on any atom is 0.409 e. The first-order valence-corrected chi connectivity index (χ1v) is 10.2. The minimum absolute atomic E-state index is 0.00135. The van der Waals surface area contributed by atoms with E-state index < -0.39 is 5.41 Å². The van der Waals surface area contributed by atoms with E-state index in [0.717, 1.165) is 18.8 Å². The third-order valence-electron chi connectivity index (χ3n) is 6.13. The average Bonchev–Trinajstić information content (AvgIpc) is 2.66. The molecule has 0 aromatic carbocycles. The van der Waals surface area contributed by atoms with Gasteiger partial charge in [-0.3, -0.25) is 9.59 Å². The van der Waals surface area contributed by atoms with Crippen LogP contribution in [0.15, 0.2) is 23.9 Å². The number of likely N-dealkylation sites (tertiary alicyclic amines) is 2. The summed E-state index contributed by atoms with van der Waals surface area (Å²) in [6.45, 7) is 6.33. The van der Waals surface area contributed by atoms with Crippen LogP contribution in [0.4, 0.5) is 4.79 Å². The van der Waals surface area contributed by atoms with Crippen molar-refractivity contribution in [2.75, 3.05) is 40.3 Å². The third kappa shape index (κ3) is 4.63. The largest absolute Gasteiger partial charge is 0.453 e. The van der Waals surface area contributed by atoms with Crippen molar-refractivity contribution in [1.82, 2.24) is 20.0 Å². The molecule has 1 atom stereocenters. The second kappa shape index (κ2) is 8.57. The molecule has 0 radical (unpaired) electrons. The van der Waals surface area contributed by atoms with Crippen LogP contribution in [0.3, 0.4) is 0 Å². The molecule has 1 unspecified atom stereocenters. The number of methoxy groups -OCH3 is 1. The highest BCUT2D eigenvalue weighted by Crippen LogP contribution is 2.35. The molecule has 0 bridgehead atoms. The maximum atomic E-state index is 12.9. The summed E-state index contributed by atoms with van der Waals surface area (Å²) in [5.74, 6) is -0.0343. The lowest BCUT2D eigenvalue weighted by Gasteiger charge is -2.42. The van der Waals surface area contributed by atoms with E-state index in [4.69, 9.17) is 4.74 Å². The quantitative estimate of drug-likeness (QED) is 0.765. The molecule has 2 heterocycles. The predicted molar refractivity (Wildman–Crippen MR) is 109 cm³/mol. The van der Waals surface area contributed by atoms with E-state index in [1.807, 2.05) is 37.1 Å². The highest BCUT2D eigenvalue weighted by Gasteiger charge is 2.39. The SMILES string of the molecule is COC(=O)N1CCC(N(C(C)=O)C2=CC=CC(C)(C(=O)NC3CN(C)C3)C2)CC1. The van der Waals surface area contributed by atoms with Gasteiger partial charge in [0.15, 0.2) is 0 Å². The number of carbonyl (C=O) groups excluding carboxylic acids is 3. The van der Waals surface area contributed by atoms with E-state index in [0.29, 0.717) is 32.4 Å². The lowest BCUT2D eigenvalue weighted by atomic mass is 9.80. The van der Waals surface area contributed by atoms with Crippen LogP contribution in [0, 0.1) is 5.41 Å². The Morgan fingerprint density at radius 3 is 2.45 bits per heavy atom. The zero-order valence-corrected chi connectivity index (χ0v) is 17.8. The number of rotatable bonds is 4. The lowest BCUT2D eigenvalue weighted by molar-refractivity contribution is -0.133. The Balaban J connectivity index is 1.66. The molecular formula is C21H32N4O4. The van der Waals surface area contributed by atoms with Gasteiger partial charge in [-0.2, -0.15) is 0 Å². The van der Waals surface area contributed by atoms with Crippen LogP contribution in [-0.2, 0) is 14.3 Å². The van der Waals surface area contributed by atoms with E-state index in [9.17, 15) is 14.4 Å². The highest BCUT2D eigenvalue weighted by molar-refractivity contribution is 5.86. The van der Waals surface area contributed by atoms with Gasteiger partial charge < -0.3 is 24.8 Å². The van der Waals surface area contributed by atoms with Gasteiger partial charge in [0.2, 0.25) is 11.8 Å². The zero-order chi connectivity index (χ0) is 21.2. The second-order valence-corrected chi connectivity index (χ2v) is 8.58. The zero-order valence-electron chi connectivity index (χ0n) is 17.8. The topological polar surface area (TPSA) is 82.2 Å². The molecule has 0 saturated carbocycles. The second-order valence-electron chi connectivity index (χ2n) is 8.58. The minimum Gasteiger partial charge on any atom is -0.453 e. The van der Waals surface area contributed by atoms with Gasteiger partial charge in [0.25, 0.3) is 0 Å². The summed E-state index contributed by atoms with van der Waals surface area (Å²) in [6.07, 6.45) is 7.26. The van der Waals surface area contributed by atoms with Gasteiger partial charge in [-0.25, -0.2) is 4.79 Å². The fourth-order valence-electron chi connectivity index (χ4n) is 4.46. The Morgan fingerprint density at radius 1 is 1.24 bits per heavy atom. The normalized spacial score (nSPS) is 25.8. The van der Waals surface area contributed by atoms with Crippen LogP contribution in [-0.4, -0.2) is 85.0 Å². The summed E-state index contributed by atoms with van der Waals surface area (Å²) < 4.78 is 4.79. The van der Waals surface area contributed by atoms with Crippen LogP contribution in [0.25, 0.3) is 0 Å². The highest BCUT2D eigenvalue weighted by atomic mass is 16.5. The number of hydrogen-bond donors (Lipinski definition) is 1. The molecule has 2 saturated heterocycles. The Labute approximate surface area is 172 Å². The number of carbonyl (C=O) groups is 3. The minimum atomic E-state index is -0.682. The molecule has 8 nitrogen and oxygen atoms in total. The summed E-state index contributed by atoms with van der Waals surface area (Å²) in [5.41, 5.74) is 0.179. The Bertz CT molecular complexity index is 720. The molecule has 160 valence electrons. The Kier molecular flexibility index (Phi) is 6.31. The molecule has 1 N–H and O–H groups in total. The van der Waals surface area contributed by atoms with Crippen LogP contribution in [0.1, 0.15) is 33.1 Å². The molecule has 2 aliphatic heterocycles. The van der Waals surface area contributed by atoms with Crippen molar-refractivity contribution < 1.29 is 19.1 Å². The van der Waals surface area contributed by atoms with Gasteiger partial charge in [0.1, 0.15) is 0 Å². The number of amides is 3. The lowest BCUT2D eigenvalue weighted by Crippen LogP contribution is -2.59. The van der Waals surface area contributed by atoms with Crippen molar-refractivity contribution >= 4 is 17.9 Å². The van der Waals surface area contributed by atoms with Crippen LogP contribution < -0.4 is 5.32 Å². The van der Waals surface area contributed by atoms with E-state index in [1.54, 1.807) is 11.8 Å². The Morgan fingerprint density at radius 2 is 1.90 bits per heavy atom. The predicted octanol–water partition coefficient (Wildman–Crippen LogP) is 1.35. The van der Waals surface area contributed by atoms with Crippen LogP contribution in [0.5, 0.6) is 0 Å².